The van der Waals surface area contributed by atoms with Gasteiger partial charge in [-0.05, 0) is 13.3 Å². The van der Waals surface area contributed by atoms with Crippen LogP contribution in [0, 0.1) is 0 Å². The predicted octanol–water partition coefficient (Wildman–Crippen LogP) is 1.01. The Morgan fingerprint density at radius 1 is 1.17 bits per heavy atom. The zero-order chi connectivity index (χ0) is 16.3. The zero-order valence-electron chi connectivity index (χ0n) is 14.2. The van der Waals surface area contributed by atoms with Crippen molar-refractivity contribution in [1.82, 2.24) is 14.9 Å². The van der Waals surface area contributed by atoms with Crippen LogP contribution in [0.2, 0.25) is 0 Å². The maximum atomic E-state index is 12.2. The molecule has 1 aliphatic rings. The van der Waals surface area contributed by atoms with Crippen LogP contribution >= 0.6 is 24.0 Å². The fraction of sp³-hybridized carbons (Fsp3) is 0.929. The summed E-state index contributed by atoms with van der Waals surface area (Å²) in [6, 6.07) is 0. The van der Waals surface area contributed by atoms with Crippen LogP contribution in [0.25, 0.3) is 0 Å². The van der Waals surface area contributed by atoms with Gasteiger partial charge in [0.25, 0.3) is 0 Å². The summed E-state index contributed by atoms with van der Waals surface area (Å²) in [7, 11) is -3.22. The molecule has 0 amide bonds. The lowest BCUT2D eigenvalue weighted by Crippen LogP contribution is -2.45. The molecule has 1 rings (SSSR count). The van der Waals surface area contributed by atoms with Gasteiger partial charge in [0.05, 0.1) is 19.0 Å². The van der Waals surface area contributed by atoms with E-state index in [0.29, 0.717) is 38.8 Å². The van der Waals surface area contributed by atoms with Gasteiger partial charge in [0, 0.05) is 32.7 Å². The number of sulfonamides is 1. The number of hydrogen-bond acceptors (Lipinski definition) is 4. The van der Waals surface area contributed by atoms with Crippen LogP contribution in [0.1, 0.15) is 33.1 Å². The highest BCUT2D eigenvalue weighted by molar-refractivity contribution is 14.0. The average molecular weight is 462 g/mol. The maximum Gasteiger partial charge on any atom is 0.215 e. The van der Waals surface area contributed by atoms with Crippen molar-refractivity contribution < 1.29 is 13.2 Å². The molecule has 0 aromatic carbocycles. The van der Waals surface area contributed by atoms with Gasteiger partial charge in [-0.2, -0.15) is 4.31 Å². The standard InChI is InChI=1S/C14H30N4O3S.HI/c1-3-5-6-7-16-14(15-4-2)17-8-13-22(19,20)18-9-11-21-12-10-18;/h3-13H2,1-2H3,(H2,15,16,17);1H. The molecule has 0 bridgehead atoms. The summed E-state index contributed by atoms with van der Waals surface area (Å²) in [5.74, 6) is 0.766. The SMILES string of the molecule is CCCCCN=C(NCC)NCCS(=O)(=O)N1CCOCC1.I. The quantitative estimate of drug-likeness (QED) is 0.231. The molecule has 9 heteroatoms. The van der Waals surface area contributed by atoms with E-state index in [1.165, 1.54) is 4.31 Å². The Hall–Kier alpha value is -0.130. The third kappa shape index (κ3) is 9.68. The summed E-state index contributed by atoms with van der Waals surface area (Å²) in [4.78, 5) is 4.45. The summed E-state index contributed by atoms with van der Waals surface area (Å²) in [6.45, 7) is 7.90. The lowest BCUT2D eigenvalue weighted by molar-refractivity contribution is 0.0730. The molecule has 1 fully saturated rings. The summed E-state index contributed by atoms with van der Waals surface area (Å²) >= 11 is 0. The third-order valence-corrected chi connectivity index (χ3v) is 5.26. The number of unbranched alkanes of at least 4 members (excludes halogenated alkanes) is 2. The first-order chi connectivity index (χ1) is 10.6. The van der Waals surface area contributed by atoms with Gasteiger partial charge in [-0.15, -0.1) is 24.0 Å². The number of nitrogens with one attached hydrogen (secondary N) is 2. The van der Waals surface area contributed by atoms with E-state index in [2.05, 4.69) is 22.5 Å². The van der Waals surface area contributed by atoms with Crippen LogP contribution in [-0.2, 0) is 14.8 Å². The second-order valence-corrected chi connectivity index (χ2v) is 7.31. The average Bonchev–Trinajstić information content (AvgIpc) is 2.52. The molecule has 2 N–H and O–H groups in total. The molecule has 0 unspecified atom stereocenters. The summed E-state index contributed by atoms with van der Waals surface area (Å²) in [6.07, 6.45) is 3.38. The van der Waals surface area contributed by atoms with Crippen LogP contribution < -0.4 is 10.6 Å². The fourth-order valence-corrected chi connectivity index (χ4v) is 3.47. The molecule has 0 aromatic heterocycles. The van der Waals surface area contributed by atoms with Crippen molar-refractivity contribution in [3.05, 3.63) is 0 Å². The maximum absolute atomic E-state index is 12.2. The van der Waals surface area contributed by atoms with E-state index in [1.54, 1.807) is 0 Å². The molecular weight excluding hydrogens is 431 g/mol. The van der Waals surface area contributed by atoms with E-state index in [-0.39, 0.29) is 29.7 Å². The molecular formula is C14H31IN4O3S. The van der Waals surface area contributed by atoms with Gasteiger partial charge in [0.1, 0.15) is 0 Å². The molecule has 0 atom stereocenters. The molecule has 23 heavy (non-hydrogen) atoms. The van der Waals surface area contributed by atoms with E-state index in [9.17, 15) is 8.42 Å². The monoisotopic (exact) mass is 462 g/mol. The van der Waals surface area contributed by atoms with Gasteiger partial charge >= 0.3 is 0 Å². The fourth-order valence-electron chi connectivity index (χ4n) is 2.15. The van der Waals surface area contributed by atoms with Gasteiger partial charge in [-0.1, -0.05) is 19.8 Å². The van der Waals surface area contributed by atoms with E-state index >= 15 is 0 Å². The predicted molar refractivity (Wildman–Crippen MR) is 105 cm³/mol. The van der Waals surface area contributed by atoms with Gasteiger partial charge in [-0.25, -0.2) is 8.42 Å². The minimum Gasteiger partial charge on any atom is -0.379 e. The Labute approximate surface area is 157 Å². The van der Waals surface area contributed by atoms with Gasteiger partial charge in [-0.3, -0.25) is 4.99 Å². The summed E-state index contributed by atoms with van der Waals surface area (Å²) < 4.78 is 31.1. The molecule has 1 saturated heterocycles. The second kappa shape index (κ2) is 13.2. The normalized spacial score (nSPS) is 16.7. The Morgan fingerprint density at radius 2 is 1.87 bits per heavy atom. The molecule has 0 aromatic rings. The molecule has 138 valence electrons. The van der Waals surface area contributed by atoms with Gasteiger partial charge < -0.3 is 15.4 Å². The summed E-state index contributed by atoms with van der Waals surface area (Å²) in [5, 5.41) is 6.23. The van der Waals surface area contributed by atoms with E-state index in [1.807, 2.05) is 6.92 Å². The van der Waals surface area contributed by atoms with E-state index in [4.69, 9.17) is 4.74 Å². The zero-order valence-corrected chi connectivity index (χ0v) is 17.4. The molecule has 0 aliphatic carbocycles. The lowest BCUT2D eigenvalue weighted by atomic mass is 10.2. The van der Waals surface area contributed by atoms with Gasteiger partial charge in [0.15, 0.2) is 5.96 Å². The number of ether oxygens (including phenoxy) is 1. The Balaban J connectivity index is 0.00000484. The van der Waals surface area contributed by atoms with Crippen molar-refractivity contribution in [1.29, 1.82) is 0 Å². The number of morpholine rings is 1. The number of aliphatic imine (C=N–C) groups is 1. The minimum absolute atomic E-state index is 0. The highest BCUT2D eigenvalue weighted by atomic mass is 127. The number of rotatable bonds is 9. The first-order valence-electron chi connectivity index (χ1n) is 8.18. The third-order valence-electron chi connectivity index (χ3n) is 3.39. The van der Waals surface area contributed by atoms with Crippen molar-refractivity contribution in [3.63, 3.8) is 0 Å². The summed E-state index contributed by atoms with van der Waals surface area (Å²) in [5.41, 5.74) is 0. The lowest BCUT2D eigenvalue weighted by Gasteiger charge is -2.26. The highest BCUT2D eigenvalue weighted by Crippen LogP contribution is 2.04. The highest BCUT2D eigenvalue weighted by Gasteiger charge is 2.23. The Kier molecular flexibility index (Phi) is 13.1. The van der Waals surface area contributed by atoms with Gasteiger partial charge in [0.2, 0.25) is 10.0 Å². The topological polar surface area (TPSA) is 83.0 Å². The van der Waals surface area contributed by atoms with Crippen LogP contribution in [-0.4, -0.2) is 70.4 Å². The van der Waals surface area contributed by atoms with Crippen LogP contribution in [0.5, 0.6) is 0 Å². The van der Waals surface area contributed by atoms with Crippen molar-refractivity contribution >= 4 is 40.0 Å². The molecule has 1 heterocycles. The minimum atomic E-state index is -3.22. The number of hydrogen-bond donors (Lipinski definition) is 2. The largest absolute Gasteiger partial charge is 0.379 e. The molecule has 1 aliphatic heterocycles. The number of guanidine groups is 1. The first-order valence-corrected chi connectivity index (χ1v) is 9.78. The van der Waals surface area contributed by atoms with Crippen LogP contribution in [0.4, 0.5) is 0 Å². The molecule has 0 spiro atoms. The first kappa shape index (κ1) is 22.9. The Morgan fingerprint density at radius 3 is 2.48 bits per heavy atom. The van der Waals surface area contributed by atoms with Crippen molar-refractivity contribution in [2.24, 2.45) is 4.99 Å². The molecule has 0 saturated carbocycles. The Bertz CT molecular complexity index is 426. The van der Waals surface area contributed by atoms with Crippen molar-refractivity contribution in [2.45, 2.75) is 33.1 Å². The molecule has 7 nitrogen and oxygen atoms in total. The van der Waals surface area contributed by atoms with Crippen LogP contribution in [0.3, 0.4) is 0 Å². The molecule has 0 radical (unpaired) electrons. The number of nitrogens with zero attached hydrogens (tertiary/aromatic N) is 2. The van der Waals surface area contributed by atoms with E-state index < -0.39 is 10.0 Å². The second-order valence-electron chi connectivity index (χ2n) is 5.22. The van der Waals surface area contributed by atoms with Crippen molar-refractivity contribution in [2.75, 3.05) is 51.7 Å². The van der Waals surface area contributed by atoms with Crippen molar-refractivity contribution in [3.8, 4) is 0 Å². The number of halogens is 1. The van der Waals surface area contributed by atoms with E-state index in [0.717, 1.165) is 32.4 Å². The smallest absolute Gasteiger partial charge is 0.215 e. The van der Waals surface area contributed by atoms with Crippen LogP contribution in [0.15, 0.2) is 4.99 Å².